The van der Waals surface area contributed by atoms with Crippen LogP contribution < -0.4 is 5.56 Å². The molecular formula is C15H11IN2O. The van der Waals surface area contributed by atoms with E-state index < -0.39 is 0 Å². The Bertz CT molecular complexity index is 824. The molecule has 3 aromatic rings. The molecule has 0 aliphatic heterocycles. The SMILES string of the molecule is Cc1nc(-c2ccc3ccccc3c2)[nH]c(=O)c1I. The lowest BCUT2D eigenvalue weighted by Crippen LogP contribution is -2.14. The highest BCUT2D eigenvalue weighted by molar-refractivity contribution is 14.1. The second-order valence-electron chi connectivity index (χ2n) is 4.38. The van der Waals surface area contributed by atoms with E-state index in [1.165, 1.54) is 5.39 Å². The third-order valence-corrected chi connectivity index (χ3v) is 4.32. The zero-order chi connectivity index (χ0) is 13.4. The normalized spacial score (nSPS) is 10.8. The molecule has 19 heavy (non-hydrogen) atoms. The maximum absolute atomic E-state index is 11.8. The number of aromatic nitrogens is 2. The summed E-state index contributed by atoms with van der Waals surface area (Å²) in [5, 5.41) is 2.31. The van der Waals surface area contributed by atoms with Crippen LogP contribution in [0.1, 0.15) is 5.69 Å². The van der Waals surface area contributed by atoms with Crippen molar-refractivity contribution >= 4 is 33.4 Å². The van der Waals surface area contributed by atoms with Crippen LogP contribution in [0.2, 0.25) is 0 Å². The highest BCUT2D eigenvalue weighted by Gasteiger charge is 2.07. The molecule has 1 heterocycles. The van der Waals surface area contributed by atoms with Crippen LogP contribution in [-0.4, -0.2) is 9.97 Å². The zero-order valence-corrected chi connectivity index (χ0v) is 12.4. The van der Waals surface area contributed by atoms with E-state index in [0.717, 1.165) is 16.6 Å². The summed E-state index contributed by atoms with van der Waals surface area (Å²) in [7, 11) is 0. The fourth-order valence-electron chi connectivity index (χ4n) is 2.04. The van der Waals surface area contributed by atoms with Gasteiger partial charge in [0.05, 0.1) is 9.26 Å². The molecule has 0 fully saturated rings. The van der Waals surface area contributed by atoms with Gasteiger partial charge in [-0.25, -0.2) is 4.98 Å². The van der Waals surface area contributed by atoms with E-state index in [1.807, 2.05) is 59.8 Å². The number of aromatic amines is 1. The lowest BCUT2D eigenvalue weighted by molar-refractivity contribution is 1.05. The van der Waals surface area contributed by atoms with Crippen molar-refractivity contribution in [3.8, 4) is 11.4 Å². The van der Waals surface area contributed by atoms with Gasteiger partial charge in [0.2, 0.25) is 0 Å². The molecular weight excluding hydrogens is 351 g/mol. The summed E-state index contributed by atoms with van der Waals surface area (Å²) < 4.78 is 0.641. The van der Waals surface area contributed by atoms with Gasteiger partial charge in [0.1, 0.15) is 5.82 Å². The Morgan fingerprint density at radius 2 is 1.84 bits per heavy atom. The first-order valence-corrected chi connectivity index (χ1v) is 6.98. The Kier molecular flexibility index (Phi) is 3.10. The highest BCUT2D eigenvalue weighted by Crippen LogP contribution is 2.21. The van der Waals surface area contributed by atoms with Gasteiger partial charge in [-0.3, -0.25) is 4.79 Å². The van der Waals surface area contributed by atoms with E-state index in [1.54, 1.807) is 0 Å². The zero-order valence-electron chi connectivity index (χ0n) is 10.3. The summed E-state index contributed by atoms with van der Waals surface area (Å²) >= 11 is 2.01. The van der Waals surface area contributed by atoms with E-state index in [2.05, 4.69) is 22.1 Å². The Labute approximate surface area is 123 Å². The third-order valence-electron chi connectivity index (χ3n) is 3.05. The summed E-state index contributed by atoms with van der Waals surface area (Å²) in [6, 6.07) is 14.2. The van der Waals surface area contributed by atoms with Crippen LogP contribution >= 0.6 is 22.6 Å². The molecule has 0 saturated carbocycles. The van der Waals surface area contributed by atoms with Gasteiger partial charge in [0.15, 0.2) is 0 Å². The summed E-state index contributed by atoms with van der Waals surface area (Å²) in [6.45, 7) is 1.85. The van der Waals surface area contributed by atoms with Gasteiger partial charge in [-0.1, -0.05) is 36.4 Å². The second kappa shape index (κ2) is 4.77. The number of nitrogens with one attached hydrogen (secondary N) is 1. The summed E-state index contributed by atoms with van der Waals surface area (Å²) in [5.41, 5.74) is 1.60. The minimum atomic E-state index is -0.0868. The van der Waals surface area contributed by atoms with E-state index >= 15 is 0 Å². The molecule has 0 aliphatic carbocycles. The van der Waals surface area contributed by atoms with Crippen molar-refractivity contribution in [2.75, 3.05) is 0 Å². The third kappa shape index (κ3) is 2.28. The van der Waals surface area contributed by atoms with Crippen molar-refractivity contribution in [1.29, 1.82) is 0 Å². The monoisotopic (exact) mass is 362 g/mol. The Hall–Kier alpha value is -1.69. The summed E-state index contributed by atoms with van der Waals surface area (Å²) in [6.07, 6.45) is 0. The molecule has 94 valence electrons. The average Bonchev–Trinajstić information content (AvgIpc) is 2.43. The standard InChI is InChI=1S/C15H11IN2O/c1-9-13(16)15(19)18-14(17-9)12-7-6-10-4-2-3-5-11(10)8-12/h2-8H,1H3,(H,17,18,19). The van der Waals surface area contributed by atoms with E-state index in [-0.39, 0.29) is 5.56 Å². The van der Waals surface area contributed by atoms with Crippen LogP contribution in [0.15, 0.2) is 47.3 Å². The molecule has 0 saturated heterocycles. The molecule has 2 aromatic carbocycles. The Morgan fingerprint density at radius 1 is 1.11 bits per heavy atom. The Balaban J connectivity index is 2.22. The van der Waals surface area contributed by atoms with Crippen LogP contribution in [0.5, 0.6) is 0 Å². The van der Waals surface area contributed by atoms with Crippen molar-refractivity contribution in [1.82, 2.24) is 9.97 Å². The maximum Gasteiger partial charge on any atom is 0.264 e. The molecule has 0 aliphatic rings. The molecule has 0 amide bonds. The van der Waals surface area contributed by atoms with E-state index in [9.17, 15) is 4.79 Å². The minimum Gasteiger partial charge on any atom is -0.306 e. The van der Waals surface area contributed by atoms with Crippen LogP contribution in [0, 0.1) is 10.5 Å². The first-order valence-electron chi connectivity index (χ1n) is 5.91. The lowest BCUT2D eigenvalue weighted by Gasteiger charge is -2.05. The van der Waals surface area contributed by atoms with Gasteiger partial charge in [0.25, 0.3) is 5.56 Å². The molecule has 1 aromatic heterocycles. The predicted octanol–water partition coefficient (Wildman–Crippen LogP) is 3.50. The highest BCUT2D eigenvalue weighted by atomic mass is 127. The number of aryl methyl sites for hydroxylation is 1. The first-order chi connectivity index (χ1) is 9.15. The lowest BCUT2D eigenvalue weighted by atomic mass is 10.1. The fourth-order valence-corrected chi connectivity index (χ4v) is 2.30. The molecule has 0 radical (unpaired) electrons. The van der Waals surface area contributed by atoms with Gasteiger partial charge < -0.3 is 4.98 Å². The number of nitrogens with zero attached hydrogens (tertiary/aromatic N) is 1. The van der Waals surface area contributed by atoms with Crippen molar-refractivity contribution < 1.29 is 0 Å². The van der Waals surface area contributed by atoms with Crippen LogP contribution in [0.25, 0.3) is 22.2 Å². The van der Waals surface area contributed by atoms with Gasteiger partial charge in [-0.15, -0.1) is 0 Å². The minimum absolute atomic E-state index is 0.0868. The number of benzene rings is 2. The fraction of sp³-hybridized carbons (Fsp3) is 0.0667. The molecule has 4 heteroatoms. The predicted molar refractivity (Wildman–Crippen MR) is 85.3 cm³/mol. The molecule has 0 bridgehead atoms. The van der Waals surface area contributed by atoms with Crippen molar-refractivity contribution in [3.63, 3.8) is 0 Å². The van der Waals surface area contributed by atoms with Crippen LogP contribution in [0.3, 0.4) is 0 Å². The second-order valence-corrected chi connectivity index (χ2v) is 5.45. The number of hydrogen-bond donors (Lipinski definition) is 1. The topological polar surface area (TPSA) is 45.8 Å². The molecule has 3 nitrogen and oxygen atoms in total. The van der Waals surface area contributed by atoms with Gasteiger partial charge >= 0.3 is 0 Å². The number of H-pyrrole nitrogens is 1. The molecule has 3 rings (SSSR count). The van der Waals surface area contributed by atoms with Crippen LogP contribution in [0.4, 0.5) is 0 Å². The first kappa shape index (κ1) is 12.3. The number of halogens is 1. The molecule has 0 atom stereocenters. The van der Waals surface area contributed by atoms with Crippen molar-refractivity contribution in [3.05, 3.63) is 62.1 Å². The number of hydrogen-bond acceptors (Lipinski definition) is 2. The average molecular weight is 362 g/mol. The summed E-state index contributed by atoms with van der Waals surface area (Å²) in [4.78, 5) is 19.1. The van der Waals surface area contributed by atoms with E-state index in [4.69, 9.17) is 0 Å². The molecule has 0 unspecified atom stereocenters. The quantitative estimate of drug-likeness (QED) is 0.674. The van der Waals surface area contributed by atoms with Gasteiger partial charge in [-0.05, 0) is 46.4 Å². The number of rotatable bonds is 1. The summed E-state index contributed by atoms with van der Waals surface area (Å²) in [5.74, 6) is 0.619. The van der Waals surface area contributed by atoms with Gasteiger partial charge in [-0.2, -0.15) is 0 Å². The van der Waals surface area contributed by atoms with Crippen molar-refractivity contribution in [2.24, 2.45) is 0 Å². The Morgan fingerprint density at radius 3 is 2.58 bits per heavy atom. The number of fused-ring (bicyclic) bond motifs is 1. The molecule has 0 spiro atoms. The maximum atomic E-state index is 11.8. The van der Waals surface area contributed by atoms with Crippen LogP contribution in [-0.2, 0) is 0 Å². The molecule has 1 N–H and O–H groups in total. The smallest absolute Gasteiger partial charge is 0.264 e. The largest absolute Gasteiger partial charge is 0.306 e. The van der Waals surface area contributed by atoms with E-state index in [0.29, 0.717) is 9.39 Å². The van der Waals surface area contributed by atoms with Gasteiger partial charge in [0, 0.05) is 5.56 Å². The van der Waals surface area contributed by atoms with Crippen molar-refractivity contribution in [2.45, 2.75) is 6.92 Å².